The summed E-state index contributed by atoms with van der Waals surface area (Å²) < 4.78 is 24.8. The van der Waals surface area contributed by atoms with Crippen LogP contribution < -0.4 is 35.3 Å². The van der Waals surface area contributed by atoms with Gasteiger partial charge in [0.2, 0.25) is 0 Å². The van der Waals surface area contributed by atoms with E-state index in [1.54, 1.807) is 12.1 Å². The predicted octanol–water partition coefficient (Wildman–Crippen LogP) is 0.922. The van der Waals surface area contributed by atoms with Crippen LogP contribution in [0.5, 0.6) is 0 Å². The quantitative estimate of drug-likeness (QED) is 0.838. The van der Waals surface area contributed by atoms with Crippen molar-refractivity contribution in [1.82, 2.24) is 0 Å². The minimum absolute atomic E-state index is 0. The summed E-state index contributed by atoms with van der Waals surface area (Å²) in [4.78, 5) is 0.114. The van der Waals surface area contributed by atoms with Crippen molar-refractivity contribution in [2.24, 2.45) is 5.73 Å². The van der Waals surface area contributed by atoms with Gasteiger partial charge in [0.15, 0.2) is 0 Å². The summed E-state index contributed by atoms with van der Waals surface area (Å²) in [5.41, 5.74) is 7.80. The largest absolute Gasteiger partial charge is 1.00 e. The van der Waals surface area contributed by atoms with Crippen LogP contribution in [0.3, 0.4) is 0 Å². The monoisotopic (exact) mass is 348 g/mol. The van der Waals surface area contributed by atoms with Gasteiger partial charge in [-0.3, -0.25) is 11.8 Å². The maximum absolute atomic E-state index is 11.0. The van der Waals surface area contributed by atoms with Crippen LogP contribution >= 0.6 is 11.8 Å². The van der Waals surface area contributed by atoms with Crippen LogP contribution in [0.25, 0.3) is 4.24 Å². The van der Waals surface area contributed by atoms with Crippen molar-refractivity contribution < 1.29 is 38.0 Å². The zero-order chi connectivity index (χ0) is 15.9. The second-order valence-electron chi connectivity index (χ2n) is 4.56. The molecule has 0 aliphatic carbocycles. The van der Waals surface area contributed by atoms with E-state index >= 15 is 0 Å². The normalized spacial score (nSPS) is 11.6. The Labute approximate surface area is 159 Å². The van der Waals surface area contributed by atoms with Gasteiger partial charge in [-0.05, 0) is 31.5 Å². The Balaban J connectivity index is 0.000000397. The maximum atomic E-state index is 11.0. The molecule has 4 nitrogen and oxygen atoms in total. The molecule has 2 aromatic rings. The molecule has 0 aliphatic heterocycles. The average Bonchev–Trinajstić information content (AvgIpc) is 2.49. The first-order valence-electron chi connectivity index (χ1n) is 6.32. The minimum Gasteiger partial charge on any atom is -0.458 e. The van der Waals surface area contributed by atoms with Gasteiger partial charge < -0.3 is 9.97 Å². The van der Waals surface area contributed by atoms with Gasteiger partial charge in [-0.2, -0.15) is 0 Å². The van der Waals surface area contributed by atoms with E-state index in [1.807, 2.05) is 44.2 Å². The Morgan fingerprint density at radius 3 is 1.91 bits per heavy atom. The summed E-state index contributed by atoms with van der Waals surface area (Å²) in [6.45, 7) is 3.85. The molecule has 0 bridgehead atoms. The van der Waals surface area contributed by atoms with Crippen LogP contribution in [0.4, 0.5) is 0 Å². The van der Waals surface area contributed by atoms with E-state index in [0.29, 0.717) is 0 Å². The second kappa shape index (κ2) is 10.4. The molecule has 2 N–H and O–H groups in total. The van der Waals surface area contributed by atoms with E-state index in [-0.39, 0.29) is 40.5 Å². The van der Waals surface area contributed by atoms with Crippen LogP contribution in [-0.4, -0.2) is 8.42 Å². The molecule has 114 valence electrons. The topological polar surface area (TPSA) is 74.3 Å². The average molecular weight is 349 g/mol. The zero-order valence-corrected chi connectivity index (χ0v) is 16.5. The molecule has 1 unspecified atom stereocenters. The SMILES string of the molecule is CC(N)c1ccccc1.Cc1ccc(S(=O)(=O)[N-]Cl)cc1.[Na+]. The van der Waals surface area contributed by atoms with Crippen molar-refractivity contribution in [3.8, 4) is 0 Å². The van der Waals surface area contributed by atoms with Crippen LogP contribution in [0.1, 0.15) is 24.1 Å². The second-order valence-corrected chi connectivity index (χ2v) is 6.53. The fraction of sp³-hybridized carbons (Fsp3) is 0.200. The van der Waals surface area contributed by atoms with Gasteiger partial charge in [0.25, 0.3) is 0 Å². The Morgan fingerprint density at radius 2 is 1.55 bits per heavy atom. The Bertz CT molecular complexity index is 647. The predicted molar refractivity (Wildman–Crippen MR) is 86.6 cm³/mol. The summed E-state index contributed by atoms with van der Waals surface area (Å²) in [5.74, 6) is 0. The van der Waals surface area contributed by atoms with E-state index in [4.69, 9.17) is 17.5 Å². The molecule has 0 saturated carbocycles. The number of aryl methyl sites for hydroxylation is 1. The number of benzene rings is 2. The van der Waals surface area contributed by atoms with Crippen molar-refractivity contribution in [3.05, 3.63) is 70.0 Å². The van der Waals surface area contributed by atoms with Crippen molar-refractivity contribution in [3.63, 3.8) is 0 Å². The number of nitrogens with zero attached hydrogens (tertiary/aromatic N) is 1. The Kier molecular flexibility index (Phi) is 10.2. The number of nitrogens with two attached hydrogens (primary N) is 1. The molecule has 2 aromatic carbocycles. The molecule has 1 atom stereocenters. The summed E-state index contributed by atoms with van der Waals surface area (Å²) in [6, 6.07) is 16.5. The first-order valence-corrected chi connectivity index (χ1v) is 8.10. The molecule has 0 radical (unpaired) electrons. The van der Waals surface area contributed by atoms with E-state index in [2.05, 4.69) is 4.24 Å². The van der Waals surface area contributed by atoms with Gasteiger partial charge >= 0.3 is 29.6 Å². The summed E-state index contributed by atoms with van der Waals surface area (Å²) in [6.07, 6.45) is 0. The number of sulfonamides is 1. The van der Waals surface area contributed by atoms with Crippen LogP contribution in [0, 0.1) is 6.92 Å². The standard InChI is InChI=1S/C8H11N.C7H7ClNO2S.Na/c1-7(9)8-5-3-2-4-6-8;1-6-2-4-7(5-3-6)12(10,11)9-8;/h2-7H,9H2,1H3;2-5H,1H3;/q;-1;+1. The molecule has 2 rings (SSSR count). The van der Waals surface area contributed by atoms with Crippen molar-refractivity contribution in [1.29, 1.82) is 0 Å². The first kappa shape index (κ1) is 21.6. The molecular weight excluding hydrogens is 331 g/mol. The smallest absolute Gasteiger partial charge is 0.458 e. The molecule has 0 spiro atoms. The molecule has 22 heavy (non-hydrogen) atoms. The number of hydrogen-bond acceptors (Lipinski definition) is 3. The molecule has 0 aliphatic rings. The molecule has 0 aromatic heterocycles. The van der Waals surface area contributed by atoms with Crippen LogP contribution in [0.2, 0.25) is 0 Å². The Hall–Kier alpha value is -0.400. The number of hydrogen-bond donors (Lipinski definition) is 1. The van der Waals surface area contributed by atoms with Crippen molar-refractivity contribution in [2.75, 3.05) is 0 Å². The van der Waals surface area contributed by atoms with E-state index < -0.39 is 10.0 Å². The van der Waals surface area contributed by atoms with Crippen molar-refractivity contribution >= 4 is 21.8 Å². The third-order valence-corrected chi connectivity index (χ3v) is 4.33. The molecule has 0 heterocycles. The fourth-order valence-corrected chi connectivity index (χ4v) is 2.31. The van der Waals surface area contributed by atoms with Gasteiger partial charge in [-0.25, -0.2) is 8.42 Å². The first-order chi connectivity index (χ1) is 9.86. The molecular formula is C15H18ClN2NaO2S. The van der Waals surface area contributed by atoms with Crippen LogP contribution in [-0.2, 0) is 10.0 Å². The van der Waals surface area contributed by atoms with Gasteiger partial charge in [-0.1, -0.05) is 48.0 Å². The third-order valence-electron chi connectivity index (χ3n) is 2.74. The molecule has 0 amide bonds. The van der Waals surface area contributed by atoms with E-state index in [0.717, 1.165) is 5.56 Å². The summed E-state index contributed by atoms with van der Waals surface area (Å²) in [5, 5.41) is 0. The Morgan fingerprint density at radius 1 is 1.05 bits per heavy atom. The van der Waals surface area contributed by atoms with Gasteiger partial charge in [-0.15, -0.1) is 0 Å². The molecule has 0 saturated heterocycles. The number of halogens is 1. The molecule has 0 fully saturated rings. The summed E-state index contributed by atoms with van der Waals surface area (Å²) >= 11 is 4.90. The third kappa shape index (κ3) is 7.24. The number of rotatable bonds is 3. The van der Waals surface area contributed by atoms with Gasteiger partial charge in [0.05, 0.1) is 0 Å². The van der Waals surface area contributed by atoms with Crippen molar-refractivity contribution in [2.45, 2.75) is 24.8 Å². The molecule has 7 heteroatoms. The minimum atomic E-state index is -3.62. The van der Waals surface area contributed by atoms with Gasteiger partial charge in [0, 0.05) is 10.9 Å². The van der Waals surface area contributed by atoms with Gasteiger partial charge in [0.1, 0.15) is 10.0 Å². The van der Waals surface area contributed by atoms with Crippen LogP contribution in [0.15, 0.2) is 59.5 Å². The van der Waals surface area contributed by atoms with E-state index in [9.17, 15) is 8.42 Å². The maximum Gasteiger partial charge on any atom is 1.00 e. The fourth-order valence-electron chi connectivity index (χ4n) is 1.51. The zero-order valence-electron chi connectivity index (χ0n) is 12.9. The van der Waals surface area contributed by atoms with E-state index in [1.165, 1.54) is 17.7 Å². The summed E-state index contributed by atoms with van der Waals surface area (Å²) in [7, 11) is -3.62.